The Morgan fingerprint density at radius 1 is 1.47 bits per heavy atom. The fourth-order valence-corrected chi connectivity index (χ4v) is 1.79. The molecule has 3 heteroatoms. The first kappa shape index (κ1) is 12.5. The van der Waals surface area contributed by atoms with Gasteiger partial charge >= 0.3 is 0 Å². The summed E-state index contributed by atoms with van der Waals surface area (Å²) >= 11 is 5.86. The van der Waals surface area contributed by atoms with Crippen molar-refractivity contribution in [3.8, 4) is 0 Å². The number of nitrogens with zero attached hydrogens (tertiary/aromatic N) is 1. The van der Waals surface area contributed by atoms with Gasteiger partial charge in [0.05, 0.1) is 6.10 Å². The van der Waals surface area contributed by atoms with Gasteiger partial charge in [0.15, 0.2) is 0 Å². The molecule has 1 rings (SSSR count). The normalized spacial score (nSPS) is 13.1. The number of benzene rings is 1. The standard InChI is InChI=1S/C12H18ClNO/c1-3-7-14(2)9-12(15)10-5-4-6-11(13)8-10/h4-6,8,12,15H,3,7,9H2,1-2H3. The SMILES string of the molecule is CCCN(C)CC(O)c1cccc(Cl)c1. The number of hydrogen-bond donors (Lipinski definition) is 1. The summed E-state index contributed by atoms with van der Waals surface area (Å²) in [6.45, 7) is 3.77. The van der Waals surface area contributed by atoms with E-state index in [2.05, 4.69) is 11.8 Å². The molecule has 1 N–H and O–H groups in total. The summed E-state index contributed by atoms with van der Waals surface area (Å²) in [5.74, 6) is 0. The molecule has 0 aliphatic rings. The Hall–Kier alpha value is -0.570. The van der Waals surface area contributed by atoms with Crippen molar-refractivity contribution in [3.63, 3.8) is 0 Å². The summed E-state index contributed by atoms with van der Waals surface area (Å²) in [6, 6.07) is 7.39. The minimum atomic E-state index is -0.458. The van der Waals surface area contributed by atoms with E-state index in [0.29, 0.717) is 11.6 Å². The van der Waals surface area contributed by atoms with Crippen molar-refractivity contribution in [1.82, 2.24) is 4.90 Å². The number of rotatable bonds is 5. The van der Waals surface area contributed by atoms with Gasteiger partial charge in [-0.15, -0.1) is 0 Å². The highest BCUT2D eigenvalue weighted by atomic mass is 35.5. The topological polar surface area (TPSA) is 23.5 Å². The van der Waals surface area contributed by atoms with Crippen molar-refractivity contribution >= 4 is 11.6 Å². The minimum Gasteiger partial charge on any atom is -0.387 e. The van der Waals surface area contributed by atoms with Crippen molar-refractivity contribution in [1.29, 1.82) is 0 Å². The lowest BCUT2D eigenvalue weighted by Gasteiger charge is -2.20. The van der Waals surface area contributed by atoms with E-state index in [1.165, 1.54) is 0 Å². The molecule has 0 aliphatic heterocycles. The maximum Gasteiger partial charge on any atom is 0.0917 e. The molecule has 1 aromatic rings. The van der Waals surface area contributed by atoms with Gasteiger partial charge in [0.25, 0.3) is 0 Å². The quantitative estimate of drug-likeness (QED) is 0.836. The second-order valence-corrected chi connectivity index (χ2v) is 4.27. The zero-order valence-corrected chi connectivity index (χ0v) is 10.0. The van der Waals surface area contributed by atoms with Crippen LogP contribution in [0.5, 0.6) is 0 Å². The van der Waals surface area contributed by atoms with Crippen LogP contribution >= 0.6 is 11.6 Å². The van der Waals surface area contributed by atoms with Gasteiger partial charge in [-0.05, 0) is 37.7 Å². The molecule has 15 heavy (non-hydrogen) atoms. The highest BCUT2D eigenvalue weighted by Gasteiger charge is 2.10. The molecule has 0 aliphatic carbocycles. The molecule has 0 saturated carbocycles. The molecule has 0 spiro atoms. The molecule has 0 fully saturated rings. The van der Waals surface area contributed by atoms with Crippen molar-refractivity contribution in [3.05, 3.63) is 34.9 Å². The first-order valence-electron chi connectivity index (χ1n) is 5.25. The third-order valence-electron chi connectivity index (χ3n) is 2.32. The first-order valence-corrected chi connectivity index (χ1v) is 5.63. The molecule has 0 aromatic heterocycles. The summed E-state index contributed by atoms with van der Waals surface area (Å²) in [7, 11) is 2.01. The Morgan fingerprint density at radius 3 is 2.80 bits per heavy atom. The average Bonchev–Trinajstić information content (AvgIpc) is 2.18. The Labute approximate surface area is 96.5 Å². The molecule has 0 bridgehead atoms. The van der Waals surface area contributed by atoms with Gasteiger partial charge in [-0.3, -0.25) is 0 Å². The molecule has 2 nitrogen and oxygen atoms in total. The predicted molar refractivity (Wildman–Crippen MR) is 64.2 cm³/mol. The Bertz CT molecular complexity index is 303. The Balaban J connectivity index is 2.56. The van der Waals surface area contributed by atoms with Gasteiger partial charge in [0.2, 0.25) is 0 Å². The molecular formula is C12H18ClNO. The third kappa shape index (κ3) is 4.20. The third-order valence-corrected chi connectivity index (χ3v) is 2.56. The van der Waals surface area contributed by atoms with Gasteiger partial charge in [-0.1, -0.05) is 30.7 Å². The second-order valence-electron chi connectivity index (χ2n) is 3.83. The van der Waals surface area contributed by atoms with Crippen LogP contribution in [0.25, 0.3) is 0 Å². The second kappa shape index (κ2) is 6.11. The highest BCUT2D eigenvalue weighted by Crippen LogP contribution is 2.18. The highest BCUT2D eigenvalue weighted by molar-refractivity contribution is 6.30. The molecule has 0 amide bonds. The Kier molecular flexibility index (Phi) is 5.09. The van der Waals surface area contributed by atoms with Gasteiger partial charge in [-0.25, -0.2) is 0 Å². The molecule has 0 saturated heterocycles. The molecule has 0 radical (unpaired) electrons. The van der Waals surface area contributed by atoms with E-state index < -0.39 is 6.10 Å². The van der Waals surface area contributed by atoms with E-state index in [1.807, 2.05) is 31.3 Å². The fraction of sp³-hybridized carbons (Fsp3) is 0.500. The van der Waals surface area contributed by atoms with Crippen LogP contribution in [-0.2, 0) is 0 Å². The molecule has 1 unspecified atom stereocenters. The van der Waals surface area contributed by atoms with Crippen LogP contribution in [0.15, 0.2) is 24.3 Å². The predicted octanol–water partition coefficient (Wildman–Crippen LogP) is 2.72. The van der Waals surface area contributed by atoms with Crippen LogP contribution in [0.3, 0.4) is 0 Å². The lowest BCUT2D eigenvalue weighted by atomic mass is 10.1. The molecule has 1 atom stereocenters. The minimum absolute atomic E-state index is 0.458. The van der Waals surface area contributed by atoms with E-state index in [9.17, 15) is 5.11 Å². The summed E-state index contributed by atoms with van der Waals surface area (Å²) in [5, 5.41) is 10.6. The van der Waals surface area contributed by atoms with Crippen LogP contribution in [-0.4, -0.2) is 30.1 Å². The lowest BCUT2D eigenvalue weighted by molar-refractivity contribution is 0.127. The summed E-state index contributed by atoms with van der Waals surface area (Å²) in [6.07, 6.45) is 0.638. The van der Waals surface area contributed by atoms with Crippen LogP contribution in [0.4, 0.5) is 0 Å². The first-order chi connectivity index (χ1) is 7.13. The monoisotopic (exact) mass is 227 g/mol. The summed E-state index contributed by atoms with van der Waals surface area (Å²) in [5.41, 5.74) is 0.880. The number of hydrogen-bond acceptors (Lipinski definition) is 2. The van der Waals surface area contributed by atoms with Gasteiger partial charge in [-0.2, -0.15) is 0 Å². The van der Waals surface area contributed by atoms with E-state index in [0.717, 1.165) is 18.5 Å². The van der Waals surface area contributed by atoms with Crippen LogP contribution in [0.1, 0.15) is 25.0 Å². The van der Waals surface area contributed by atoms with E-state index in [1.54, 1.807) is 0 Å². The number of aliphatic hydroxyl groups excluding tert-OH is 1. The largest absolute Gasteiger partial charge is 0.387 e. The number of halogens is 1. The van der Waals surface area contributed by atoms with E-state index in [4.69, 9.17) is 11.6 Å². The lowest BCUT2D eigenvalue weighted by Crippen LogP contribution is -2.25. The van der Waals surface area contributed by atoms with Crippen LogP contribution < -0.4 is 0 Å². The van der Waals surface area contributed by atoms with Gasteiger partial charge in [0, 0.05) is 11.6 Å². The van der Waals surface area contributed by atoms with E-state index >= 15 is 0 Å². The van der Waals surface area contributed by atoms with Crippen molar-refractivity contribution < 1.29 is 5.11 Å². The molecule has 84 valence electrons. The smallest absolute Gasteiger partial charge is 0.0917 e. The maximum atomic E-state index is 9.94. The molecule has 1 aromatic carbocycles. The maximum absolute atomic E-state index is 9.94. The summed E-state index contributed by atoms with van der Waals surface area (Å²) in [4.78, 5) is 2.12. The van der Waals surface area contributed by atoms with E-state index in [-0.39, 0.29) is 0 Å². The van der Waals surface area contributed by atoms with Crippen LogP contribution in [0, 0.1) is 0 Å². The van der Waals surface area contributed by atoms with Crippen molar-refractivity contribution in [2.45, 2.75) is 19.4 Å². The number of aliphatic hydroxyl groups is 1. The van der Waals surface area contributed by atoms with Crippen molar-refractivity contribution in [2.24, 2.45) is 0 Å². The molecular weight excluding hydrogens is 210 g/mol. The number of likely N-dealkylation sites (N-methyl/N-ethyl adjacent to an activating group) is 1. The van der Waals surface area contributed by atoms with Crippen molar-refractivity contribution in [2.75, 3.05) is 20.1 Å². The average molecular weight is 228 g/mol. The zero-order chi connectivity index (χ0) is 11.3. The summed E-state index contributed by atoms with van der Waals surface area (Å²) < 4.78 is 0. The zero-order valence-electron chi connectivity index (χ0n) is 9.28. The van der Waals surface area contributed by atoms with Gasteiger partial charge < -0.3 is 10.0 Å². The molecule has 0 heterocycles. The fourth-order valence-electron chi connectivity index (χ4n) is 1.59. The Morgan fingerprint density at radius 2 is 2.20 bits per heavy atom. The van der Waals surface area contributed by atoms with Crippen LogP contribution in [0.2, 0.25) is 5.02 Å². The van der Waals surface area contributed by atoms with Gasteiger partial charge in [0.1, 0.15) is 0 Å².